The van der Waals surface area contributed by atoms with Gasteiger partial charge in [-0.3, -0.25) is 0 Å². The Labute approximate surface area is 121 Å². The molecular weight excluding hydrogens is 308 g/mol. The highest BCUT2D eigenvalue weighted by molar-refractivity contribution is 9.10. The van der Waals surface area contributed by atoms with Gasteiger partial charge in [-0.2, -0.15) is 0 Å². The molecule has 2 rings (SSSR count). The van der Waals surface area contributed by atoms with Crippen LogP contribution in [0.5, 0.6) is 0 Å². The SMILES string of the molecule is Cc1cnc(NC(c2cccs2)C(C)C)c(Br)c1. The van der Waals surface area contributed by atoms with E-state index in [0.29, 0.717) is 12.0 Å². The quantitative estimate of drug-likeness (QED) is 0.853. The van der Waals surface area contributed by atoms with E-state index in [2.05, 4.69) is 63.7 Å². The summed E-state index contributed by atoms with van der Waals surface area (Å²) in [5.74, 6) is 1.42. The van der Waals surface area contributed by atoms with Gasteiger partial charge in [-0.1, -0.05) is 19.9 Å². The lowest BCUT2D eigenvalue weighted by Gasteiger charge is -2.22. The van der Waals surface area contributed by atoms with Crippen molar-refractivity contribution < 1.29 is 0 Å². The lowest BCUT2D eigenvalue weighted by atomic mass is 10.0. The van der Waals surface area contributed by atoms with Crippen LogP contribution in [0.15, 0.2) is 34.2 Å². The molecule has 0 amide bonds. The Balaban J connectivity index is 2.24. The van der Waals surface area contributed by atoms with Gasteiger partial charge in [-0.05, 0) is 51.8 Å². The van der Waals surface area contributed by atoms with Crippen molar-refractivity contribution in [2.24, 2.45) is 5.92 Å². The number of halogens is 1. The van der Waals surface area contributed by atoms with Crippen molar-refractivity contribution in [1.29, 1.82) is 0 Å². The number of aromatic nitrogens is 1. The van der Waals surface area contributed by atoms with E-state index in [-0.39, 0.29) is 0 Å². The number of pyridine rings is 1. The van der Waals surface area contributed by atoms with Crippen LogP contribution in [0.2, 0.25) is 0 Å². The molecule has 2 aromatic rings. The smallest absolute Gasteiger partial charge is 0.140 e. The molecule has 0 aliphatic heterocycles. The first-order valence-electron chi connectivity index (χ1n) is 6.00. The van der Waals surface area contributed by atoms with Crippen molar-refractivity contribution in [1.82, 2.24) is 4.98 Å². The Kier molecular flexibility index (Phi) is 4.40. The molecule has 2 aromatic heterocycles. The first kappa shape index (κ1) is 13.6. The van der Waals surface area contributed by atoms with Crippen LogP contribution in [-0.2, 0) is 0 Å². The van der Waals surface area contributed by atoms with Crippen LogP contribution in [0.1, 0.15) is 30.3 Å². The van der Waals surface area contributed by atoms with Crippen molar-refractivity contribution in [3.05, 3.63) is 44.7 Å². The number of aryl methyl sites for hydroxylation is 1. The topological polar surface area (TPSA) is 24.9 Å². The van der Waals surface area contributed by atoms with Crippen LogP contribution in [0.25, 0.3) is 0 Å². The summed E-state index contributed by atoms with van der Waals surface area (Å²) in [5.41, 5.74) is 1.16. The maximum Gasteiger partial charge on any atom is 0.140 e. The zero-order valence-corrected chi connectivity index (χ0v) is 13.2. The molecule has 0 fully saturated rings. The third-order valence-corrected chi connectivity index (χ3v) is 4.35. The molecule has 1 unspecified atom stereocenters. The van der Waals surface area contributed by atoms with Crippen molar-refractivity contribution >= 4 is 33.1 Å². The Morgan fingerprint density at radius 2 is 2.17 bits per heavy atom. The molecule has 1 atom stereocenters. The summed E-state index contributed by atoms with van der Waals surface area (Å²) in [7, 11) is 0. The number of nitrogens with one attached hydrogen (secondary N) is 1. The van der Waals surface area contributed by atoms with Gasteiger partial charge in [0.25, 0.3) is 0 Å². The molecule has 0 radical (unpaired) electrons. The van der Waals surface area contributed by atoms with Gasteiger partial charge in [0.1, 0.15) is 5.82 Å². The summed E-state index contributed by atoms with van der Waals surface area (Å²) in [6.45, 7) is 6.49. The molecule has 96 valence electrons. The number of thiophene rings is 1. The van der Waals surface area contributed by atoms with Gasteiger partial charge in [-0.15, -0.1) is 11.3 Å². The fourth-order valence-electron chi connectivity index (χ4n) is 1.82. The van der Waals surface area contributed by atoms with Gasteiger partial charge in [-0.25, -0.2) is 4.98 Å². The van der Waals surface area contributed by atoms with Crippen LogP contribution in [0.3, 0.4) is 0 Å². The Morgan fingerprint density at radius 3 is 2.72 bits per heavy atom. The fourth-order valence-corrected chi connectivity index (χ4v) is 3.35. The number of rotatable bonds is 4. The van der Waals surface area contributed by atoms with Crippen molar-refractivity contribution in [2.75, 3.05) is 5.32 Å². The molecule has 0 spiro atoms. The van der Waals surface area contributed by atoms with Crippen LogP contribution < -0.4 is 5.32 Å². The minimum absolute atomic E-state index is 0.302. The highest BCUT2D eigenvalue weighted by Gasteiger charge is 2.18. The lowest BCUT2D eigenvalue weighted by molar-refractivity contribution is 0.552. The summed E-state index contributed by atoms with van der Waals surface area (Å²) in [6.07, 6.45) is 1.89. The average molecular weight is 325 g/mol. The summed E-state index contributed by atoms with van der Waals surface area (Å²) >= 11 is 5.35. The summed E-state index contributed by atoms with van der Waals surface area (Å²) in [4.78, 5) is 5.80. The molecule has 18 heavy (non-hydrogen) atoms. The summed E-state index contributed by atoms with van der Waals surface area (Å²) in [5, 5.41) is 5.64. The molecule has 0 aromatic carbocycles. The maximum atomic E-state index is 4.46. The predicted octanol–water partition coefficient (Wildman–Crippen LogP) is 5.02. The first-order chi connectivity index (χ1) is 8.58. The van der Waals surface area contributed by atoms with Crippen LogP contribution >= 0.6 is 27.3 Å². The second-order valence-electron chi connectivity index (χ2n) is 4.72. The molecule has 0 aliphatic carbocycles. The average Bonchev–Trinajstić information content (AvgIpc) is 2.80. The first-order valence-corrected chi connectivity index (χ1v) is 7.67. The van der Waals surface area contributed by atoms with Gasteiger partial charge in [0.2, 0.25) is 0 Å². The normalized spacial score (nSPS) is 12.7. The minimum Gasteiger partial charge on any atom is -0.361 e. The van der Waals surface area contributed by atoms with E-state index in [9.17, 15) is 0 Å². The lowest BCUT2D eigenvalue weighted by Crippen LogP contribution is -2.16. The van der Waals surface area contributed by atoms with Crippen molar-refractivity contribution in [3.8, 4) is 0 Å². The Morgan fingerprint density at radius 1 is 1.39 bits per heavy atom. The Bertz CT molecular complexity index is 509. The predicted molar refractivity (Wildman–Crippen MR) is 82.2 cm³/mol. The standard InChI is InChI=1S/C14H17BrN2S/c1-9(2)13(12-5-4-6-18-12)17-14-11(15)7-10(3)8-16-14/h4-9,13H,1-3H3,(H,16,17). The highest BCUT2D eigenvalue weighted by Crippen LogP contribution is 2.31. The van der Waals surface area contributed by atoms with E-state index in [1.807, 2.05) is 13.1 Å². The minimum atomic E-state index is 0.302. The molecule has 0 saturated carbocycles. The molecule has 1 N–H and O–H groups in total. The van der Waals surface area contributed by atoms with Crippen molar-refractivity contribution in [2.45, 2.75) is 26.8 Å². The molecule has 0 bridgehead atoms. The fraction of sp³-hybridized carbons (Fsp3) is 0.357. The highest BCUT2D eigenvalue weighted by atomic mass is 79.9. The zero-order valence-electron chi connectivity index (χ0n) is 10.8. The van der Waals surface area contributed by atoms with Crippen LogP contribution in [-0.4, -0.2) is 4.98 Å². The van der Waals surface area contributed by atoms with E-state index >= 15 is 0 Å². The molecular formula is C14H17BrN2S. The molecule has 4 heteroatoms. The third-order valence-electron chi connectivity index (χ3n) is 2.79. The van der Waals surface area contributed by atoms with Gasteiger partial charge in [0.15, 0.2) is 0 Å². The van der Waals surface area contributed by atoms with Crippen LogP contribution in [0.4, 0.5) is 5.82 Å². The molecule has 2 nitrogen and oxygen atoms in total. The van der Waals surface area contributed by atoms with Crippen LogP contribution in [0, 0.1) is 12.8 Å². The second kappa shape index (κ2) is 5.85. The number of nitrogens with zero attached hydrogens (tertiary/aromatic N) is 1. The van der Waals surface area contributed by atoms with Gasteiger partial charge < -0.3 is 5.32 Å². The van der Waals surface area contributed by atoms with E-state index in [4.69, 9.17) is 0 Å². The number of hydrogen-bond donors (Lipinski definition) is 1. The molecule has 0 aliphatic rings. The Hall–Kier alpha value is -0.870. The van der Waals surface area contributed by atoms with E-state index in [0.717, 1.165) is 15.9 Å². The van der Waals surface area contributed by atoms with Gasteiger partial charge >= 0.3 is 0 Å². The van der Waals surface area contributed by atoms with E-state index < -0.39 is 0 Å². The zero-order chi connectivity index (χ0) is 13.1. The van der Waals surface area contributed by atoms with E-state index in [1.54, 1.807) is 11.3 Å². The van der Waals surface area contributed by atoms with Gasteiger partial charge in [0, 0.05) is 11.1 Å². The maximum absolute atomic E-state index is 4.46. The number of anilines is 1. The largest absolute Gasteiger partial charge is 0.361 e. The monoisotopic (exact) mass is 324 g/mol. The third kappa shape index (κ3) is 3.12. The summed E-state index contributed by atoms with van der Waals surface area (Å²) in [6, 6.07) is 6.65. The molecule has 0 saturated heterocycles. The molecule has 2 heterocycles. The summed E-state index contributed by atoms with van der Waals surface area (Å²) < 4.78 is 1.02. The van der Waals surface area contributed by atoms with Gasteiger partial charge in [0.05, 0.1) is 10.5 Å². The second-order valence-corrected chi connectivity index (χ2v) is 6.56. The van der Waals surface area contributed by atoms with Crippen molar-refractivity contribution in [3.63, 3.8) is 0 Å². The van der Waals surface area contributed by atoms with E-state index in [1.165, 1.54) is 4.88 Å². The number of hydrogen-bond acceptors (Lipinski definition) is 3.